The first-order valence-electron chi connectivity index (χ1n) is 3.13. The largest absolute Gasteiger partial charge is 0.515 e. The van der Waals surface area contributed by atoms with Gasteiger partial charge in [-0.1, -0.05) is 0 Å². The van der Waals surface area contributed by atoms with E-state index in [9.17, 15) is 0 Å². The summed E-state index contributed by atoms with van der Waals surface area (Å²) in [6, 6.07) is 0. The maximum atomic E-state index is 8.60. The van der Waals surface area contributed by atoms with Crippen LogP contribution in [0.1, 0.15) is 12.6 Å². The molecule has 4 heteroatoms. The molecule has 1 aromatic rings. The maximum Gasteiger partial charge on any atom is 0.141 e. The van der Waals surface area contributed by atoms with Crippen molar-refractivity contribution in [2.75, 3.05) is 5.73 Å². The summed E-state index contributed by atoms with van der Waals surface area (Å²) in [6.07, 6.45) is 3.94. The first-order valence-corrected chi connectivity index (χ1v) is 3.13. The van der Waals surface area contributed by atoms with E-state index in [1.54, 1.807) is 6.92 Å². The van der Waals surface area contributed by atoms with Crippen LogP contribution in [-0.4, -0.2) is 15.1 Å². The third-order valence-corrected chi connectivity index (χ3v) is 1.27. The van der Waals surface area contributed by atoms with Crippen molar-refractivity contribution in [3.05, 3.63) is 24.3 Å². The van der Waals surface area contributed by atoms with Gasteiger partial charge in [0.2, 0.25) is 0 Å². The molecule has 0 aliphatic rings. The van der Waals surface area contributed by atoms with Crippen molar-refractivity contribution in [1.82, 2.24) is 9.97 Å². The molecule has 0 amide bonds. The smallest absolute Gasteiger partial charge is 0.141 e. The molecule has 0 fully saturated rings. The molecule has 0 atom stereocenters. The highest BCUT2D eigenvalue weighted by atomic mass is 16.2. The van der Waals surface area contributed by atoms with Crippen LogP contribution in [0.15, 0.2) is 18.7 Å². The second kappa shape index (κ2) is 3.01. The molecule has 1 heterocycles. The van der Waals surface area contributed by atoms with Gasteiger partial charge < -0.3 is 10.8 Å². The molecule has 3 N–H and O–H groups in total. The second-order valence-corrected chi connectivity index (χ2v) is 2.14. The molecule has 1 rings (SSSR count). The maximum absolute atomic E-state index is 8.60. The number of nitrogen functional groups attached to an aromatic ring is 1. The van der Waals surface area contributed by atoms with Gasteiger partial charge in [-0.3, -0.25) is 4.98 Å². The summed E-state index contributed by atoms with van der Waals surface area (Å²) >= 11 is 0. The van der Waals surface area contributed by atoms with Gasteiger partial charge in [0.25, 0.3) is 0 Å². The van der Waals surface area contributed by atoms with E-state index < -0.39 is 0 Å². The summed E-state index contributed by atoms with van der Waals surface area (Å²) in [4.78, 5) is 7.74. The number of allylic oxidation sites excluding steroid dienone is 1. The number of anilines is 1. The summed E-state index contributed by atoms with van der Waals surface area (Å²) in [5, 5.41) is 8.60. The lowest BCUT2D eigenvalue weighted by Crippen LogP contribution is -1.93. The van der Waals surface area contributed by atoms with Crippen LogP contribution < -0.4 is 5.73 Å². The SMILES string of the molecule is C/C(=C\O)c1cnc(N)cn1. The molecule has 58 valence electrons. The minimum Gasteiger partial charge on any atom is -0.515 e. The zero-order chi connectivity index (χ0) is 8.27. The van der Waals surface area contributed by atoms with E-state index in [4.69, 9.17) is 10.8 Å². The van der Waals surface area contributed by atoms with Crippen molar-refractivity contribution < 1.29 is 5.11 Å². The lowest BCUT2D eigenvalue weighted by Gasteiger charge is -1.96. The predicted octanol–water partition coefficient (Wildman–Crippen LogP) is 0.978. The Hall–Kier alpha value is -1.58. The number of hydrogen-bond donors (Lipinski definition) is 2. The standard InChI is InChI=1S/C7H9N3O/c1-5(4-11)6-2-10-7(8)3-9-6/h2-4,11H,1H3,(H2,8,10)/b5-4+. The van der Waals surface area contributed by atoms with Gasteiger partial charge >= 0.3 is 0 Å². The molecular formula is C7H9N3O. The summed E-state index contributed by atoms with van der Waals surface area (Å²) in [7, 11) is 0. The first kappa shape index (κ1) is 7.53. The van der Waals surface area contributed by atoms with Crippen molar-refractivity contribution in [2.45, 2.75) is 6.92 Å². The average molecular weight is 151 g/mol. The van der Waals surface area contributed by atoms with Gasteiger partial charge in [0.15, 0.2) is 0 Å². The van der Waals surface area contributed by atoms with Crippen molar-refractivity contribution in [3.8, 4) is 0 Å². The van der Waals surface area contributed by atoms with Crippen LogP contribution in [0.25, 0.3) is 5.57 Å². The van der Waals surface area contributed by atoms with Crippen LogP contribution >= 0.6 is 0 Å². The van der Waals surface area contributed by atoms with Crippen molar-refractivity contribution in [2.24, 2.45) is 0 Å². The van der Waals surface area contributed by atoms with Crippen LogP contribution in [0.5, 0.6) is 0 Å². The Kier molecular flexibility index (Phi) is 2.06. The van der Waals surface area contributed by atoms with Gasteiger partial charge in [-0.2, -0.15) is 0 Å². The highest BCUT2D eigenvalue weighted by Crippen LogP contribution is 2.07. The Bertz CT molecular complexity index is 266. The molecule has 0 saturated heterocycles. The number of rotatable bonds is 1. The Balaban J connectivity index is 2.99. The normalized spacial score (nSPS) is 11.5. The van der Waals surface area contributed by atoms with Gasteiger partial charge in [-0.05, 0) is 6.92 Å². The van der Waals surface area contributed by atoms with E-state index in [1.807, 2.05) is 0 Å². The fraction of sp³-hybridized carbons (Fsp3) is 0.143. The van der Waals surface area contributed by atoms with Gasteiger partial charge in [0.05, 0.1) is 24.3 Å². The molecular weight excluding hydrogens is 142 g/mol. The second-order valence-electron chi connectivity index (χ2n) is 2.14. The molecule has 0 aromatic carbocycles. The van der Waals surface area contributed by atoms with Gasteiger partial charge in [-0.15, -0.1) is 0 Å². The van der Waals surface area contributed by atoms with Crippen LogP contribution in [0.3, 0.4) is 0 Å². The summed E-state index contributed by atoms with van der Waals surface area (Å²) < 4.78 is 0. The minimum absolute atomic E-state index is 0.375. The minimum atomic E-state index is 0.375. The average Bonchev–Trinajstić information content (AvgIpc) is 2.05. The monoisotopic (exact) mass is 151 g/mol. The Morgan fingerprint density at radius 1 is 1.55 bits per heavy atom. The van der Waals surface area contributed by atoms with E-state index >= 15 is 0 Å². The number of aliphatic hydroxyl groups excluding tert-OH is 1. The van der Waals surface area contributed by atoms with Gasteiger partial charge in [0, 0.05) is 5.57 Å². The van der Waals surface area contributed by atoms with Crippen LogP contribution in [0.2, 0.25) is 0 Å². The molecule has 0 aliphatic heterocycles. The number of aromatic nitrogens is 2. The van der Waals surface area contributed by atoms with Crippen LogP contribution in [0.4, 0.5) is 5.82 Å². The molecule has 1 aromatic heterocycles. The quantitative estimate of drug-likeness (QED) is 0.587. The summed E-state index contributed by atoms with van der Waals surface area (Å²) in [5.41, 5.74) is 6.60. The zero-order valence-corrected chi connectivity index (χ0v) is 6.15. The zero-order valence-electron chi connectivity index (χ0n) is 6.15. The summed E-state index contributed by atoms with van der Waals surface area (Å²) in [5.74, 6) is 0.375. The van der Waals surface area contributed by atoms with E-state index in [-0.39, 0.29) is 0 Å². The molecule has 0 aliphatic carbocycles. The molecule has 0 saturated carbocycles. The molecule has 4 nitrogen and oxygen atoms in total. The molecule has 0 bridgehead atoms. The summed E-state index contributed by atoms with van der Waals surface area (Å²) in [6.45, 7) is 1.74. The molecule has 0 unspecified atom stereocenters. The fourth-order valence-electron chi connectivity index (χ4n) is 0.608. The Labute approximate surface area is 64.4 Å². The van der Waals surface area contributed by atoms with E-state index in [0.29, 0.717) is 17.1 Å². The van der Waals surface area contributed by atoms with Crippen LogP contribution in [-0.2, 0) is 0 Å². The first-order chi connectivity index (χ1) is 5.24. The highest BCUT2D eigenvalue weighted by molar-refractivity contribution is 5.58. The third kappa shape index (κ3) is 1.67. The lowest BCUT2D eigenvalue weighted by molar-refractivity contribution is 0.475. The van der Waals surface area contributed by atoms with Gasteiger partial charge in [0.1, 0.15) is 5.82 Å². The van der Waals surface area contributed by atoms with E-state index in [2.05, 4.69) is 9.97 Å². The number of nitrogens with zero attached hydrogens (tertiary/aromatic N) is 2. The lowest BCUT2D eigenvalue weighted by atomic mass is 10.2. The Morgan fingerprint density at radius 2 is 2.27 bits per heavy atom. The van der Waals surface area contributed by atoms with Crippen molar-refractivity contribution in [3.63, 3.8) is 0 Å². The molecule has 11 heavy (non-hydrogen) atoms. The van der Waals surface area contributed by atoms with E-state index in [0.717, 1.165) is 6.26 Å². The number of hydrogen-bond acceptors (Lipinski definition) is 4. The predicted molar refractivity (Wildman–Crippen MR) is 42.7 cm³/mol. The van der Waals surface area contributed by atoms with Crippen molar-refractivity contribution in [1.29, 1.82) is 0 Å². The fourth-order valence-corrected chi connectivity index (χ4v) is 0.608. The van der Waals surface area contributed by atoms with E-state index in [1.165, 1.54) is 12.4 Å². The van der Waals surface area contributed by atoms with Crippen LogP contribution in [0, 0.1) is 0 Å². The molecule has 0 spiro atoms. The molecule has 0 radical (unpaired) electrons. The highest BCUT2D eigenvalue weighted by Gasteiger charge is 1.96. The third-order valence-electron chi connectivity index (χ3n) is 1.27. The number of nitrogens with two attached hydrogens (primary N) is 1. The Morgan fingerprint density at radius 3 is 2.73 bits per heavy atom. The number of aliphatic hydroxyl groups is 1. The topological polar surface area (TPSA) is 72.0 Å². The van der Waals surface area contributed by atoms with Gasteiger partial charge in [-0.25, -0.2) is 4.98 Å². The van der Waals surface area contributed by atoms with Crippen molar-refractivity contribution >= 4 is 11.4 Å².